The number of pyridine rings is 1. The van der Waals surface area contributed by atoms with Gasteiger partial charge in [-0.1, -0.05) is 46.9 Å². The molecule has 0 amide bonds. The first-order valence-corrected chi connectivity index (χ1v) is 8.29. The van der Waals surface area contributed by atoms with Gasteiger partial charge in [0.25, 0.3) is 0 Å². The predicted octanol–water partition coefficient (Wildman–Crippen LogP) is 3.49. The van der Waals surface area contributed by atoms with Crippen molar-refractivity contribution < 1.29 is 0 Å². The molecule has 0 radical (unpaired) electrons. The molecule has 0 saturated carbocycles. The van der Waals surface area contributed by atoms with Crippen molar-refractivity contribution in [3.05, 3.63) is 57.2 Å². The van der Waals surface area contributed by atoms with E-state index in [-0.39, 0.29) is 18.2 Å². The minimum absolute atomic E-state index is 0.123. The van der Waals surface area contributed by atoms with Gasteiger partial charge in [-0.3, -0.25) is 5.01 Å². The average molecular weight is 400 g/mol. The van der Waals surface area contributed by atoms with Crippen molar-refractivity contribution in [1.29, 1.82) is 0 Å². The molecular formula is C16H17Cl3N6. The summed E-state index contributed by atoms with van der Waals surface area (Å²) in [5.41, 5.74) is 8.18. The van der Waals surface area contributed by atoms with Crippen LogP contribution in [0, 0.1) is 0 Å². The molecule has 0 unspecified atom stereocenters. The molecule has 2 aromatic rings. The molecule has 0 aliphatic carbocycles. The molecule has 0 fully saturated rings. The number of amidine groups is 1. The molecular weight excluding hydrogens is 383 g/mol. The maximum atomic E-state index is 6.05. The summed E-state index contributed by atoms with van der Waals surface area (Å²) in [6.07, 6.45) is 1.65. The lowest BCUT2D eigenvalue weighted by Gasteiger charge is -2.21. The van der Waals surface area contributed by atoms with Crippen LogP contribution in [-0.4, -0.2) is 22.4 Å². The Kier molecular flexibility index (Phi) is 6.50. The normalized spacial score (nSPS) is 12.8. The number of benzene rings is 1. The zero-order valence-electron chi connectivity index (χ0n) is 13.4. The maximum Gasteiger partial charge on any atom is 0.173 e. The van der Waals surface area contributed by atoms with E-state index in [1.165, 1.54) is 5.01 Å². The van der Waals surface area contributed by atoms with Crippen molar-refractivity contribution in [1.82, 2.24) is 9.99 Å². The van der Waals surface area contributed by atoms with Gasteiger partial charge in [-0.2, -0.15) is 5.10 Å². The summed E-state index contributed by atoms with van der Waals surface area (Å²) in [6, 6.07) is 9.11. The molecule has 0 aliphatic rings. The monoisotopic (exact) mass is 398 g/mol. The lowest BCUT2D eigenvalue weighted by Crippen LogP contribution is -2.40. The molecule has 1 heterocycles. The summed E-state index contributed by atoms with van der Waals surface area (Å²) in [4.78, 5) is 4.20. The third kappa shape index (κ3) is 4.76. The fourth-order valence-electron chi connectivity index (χ4n) is 2.09. The number of allylic oxidation sites excluding steroid dienone is 1. The van der Waals surface area contributed by atoms with Crippen LogP contribution in [0.25, 0.3) is 11.1 Å². The van der Waals surface area contributed by atoms with E-state index in [9.17, 15) is 0 Å². The largest absolute Gasteiger partial charge is 0.383 e. The van der Waals surface area contributed by atoms with E-state index in [2.05, 4.69) is 10.1 Å². The summed E-state index contributed by atoms with van der Waals surface area (Å²) in [5, 5.41) is 6.42. The number of hydrazine groups is 1. The molecule has 0 bridgehead atoms. The fraction of sp³-hybridized carbons (Fsp3) is 0.125. The van der Waals surface area contributed by atoms with Gasteiger partial charge in [0.1, 0.15) is 5.82 Å². The summed E-state index contributed by atoms with van der Waals surface area (Å²) in [5.74, 6) is 12.0. The van der Waals surface area contributed by atoms with E-state index in [0.29, 0.717) is 20.7 Å². The SMILES string of the molecule is C/C(Cl)=C(/Cl)CN(N)/C(=N\N)c1cc(-c2ccc(Cl)cc2)cnc1N. The first-order valence-electron chi connectivity index (χ1n) is 7.16. The number of nitrogens with two attached hydrogens (primary N) is 3. The zero-order chi connectivity index (χ0) is 18.6. The number of aromatic nitrogens is 1. The number of hydrogen-bond acceptors (Lipinski definition) is 5. The van der Waals surface area contributed by atoms with E-state index in [0.717, 1.165) is 11.1 Å². The maximum absolute atomic E-state index is 6.05. The quantitative estimate of drug-likeness (QED) is 0.316. The number of nitrogens with zero attached hydrogens (tertiary/aromatic N) is 3. The van der Waals surface area contributed by atoms with Crippen LogP contribution >= 0.6 is 34.8 Å². The Morgan fingerprint density at radius 3 is 2.40 bits per heavy atom. The van der Waals surface area contributed by atoms with Crippen LogP contribution in [-0.2, 0) is 0 Å². The Labute approximate surface area is 160 Å². The highest BCUT2D eigenvalue weighted by atomic mass is 35.5. The van der Waals surface area contributed by atoms with Crippen molar-refractivity contribution in [2.45, 2.75) is 6.92 Å². The first kappa shape index (κ1) is 19.3. The summed E-state index contributed by atoms with van der Waals surface area (Å²) in [6.45, 7) is 1.78. The topological polar surface area (TPSA) is 107 Å². The number of halogens is 3. The second kappa shape index (κ2) is 8.40. The third-order valence-electron chi connectivity index (χ3n) is 3.41. The fourth-order valence-corrected chi connectivity index (χ4v) is 2.40. The van der Waals surface area contributed by atoms with Gasteiger partial charge in [-0.15, -0.1) is 0 Å². The van der Waals surface area contributed by atoms with E-state index >= 15 is 0 Å². The second-order valence-electron chi connectivity index (χ2n) is 5.18. The van der Waals surface area contributed by atoms with Crippen molar-refractivity contribution >= 4 is 46.5 Å². The van der Waals surface area contributed by atoms with Gasteiger partial charge in [-0.05, 0) is 30.7 Å². The lowest BCUT2D eigenvalue weighted by atomic mass is 10.0. The number of hydrogen-bond donors (Lipinski definition) is 3. The van der Waals surface area contributed by atoms with Gasteiger partial charge in [0.15, 0.2) is 5.84 Å². The van der Waals surface area contributed by atoms with Crippen LogP contribution < -0.4 is 17.4 Å². The molecule has 0 spiro atoms. The highest BCUT2D eigenvalue weighted by Gasteiger charge is 2.17. The van der Waals surface area contributed by atoms with Crippen LogP contribution in [0.1, 0.15) is 12.5 Å². The smallest absolute Gasteiger partial charge is 0.173 e. The van der Waals surface area contributed by atoms with Gasteiger partial charge >= 0.3 is 0 Å². The molecule has 1 aromatic carbocycles. The summed E-state index contributed by atoms with van der Waals surface area (Å²) >= 11 is 17.8. The Hall–Kier alpha value is -1.99. The van der Waals surface area contributed by atoms with Gasteiger partial charge in [-0.25, -0.2) is 10.8 Å². The van der Waals surface area contributed by atoms with Crippen molar-refractivity contribution in [3.63, 3.8) is 0 Å². The summed E-state index contributed by atoms with van der Waals surface area (Å²) in [7, 11) is 0. The molecule has 1 aromatic heterocycles. The molecule has 2 rings (SSSR count). The Bertz CT molecular complexity index is 813. The van der Waals surface area contributed by atoms with Crippen molar-refractivity contribution in [2.75, 3.05) is 12.3 Å². The minimum atomic E-state index is 0.123. The van der Waals surface area contributed by atoms with Crippen LogP contribution in [0.4, 0.5) is 5.82 Å². The number of hydrazone groups is 1. The zero-order valence-corrected chi connectivity index (χ0v) is 15.6. The Morgan fingerprint density at radius 1 is 1.20 bits per heavy atom. The minimum Gasteiger partial charge on any atom is -0.383 e. The van der Waals surface area contributed by atoms with Crippen LogP contribution in [0.2, 0.25) is 5.02 Å². The second-order valence-corrected chi connectivity index (χ2v) is 6.64. The number of rotatable bonds is 4. The van der Waals surface area contributed by atoms with Crippen molar-refractivity contribution in [3.8, 4) is 11.1 Å². The number of nitrogen functional groups attached to an aromatic ring is 1. The molecule has 6 nitrogen and oxygen atoms in total. The van der Waals surface area contributed by atoms with Crippen LogP contribution in [0.15, 0.2) is 51.7 Å². The molecule has 0 atom stereocenters. The van der Waals surface area contributed by atoms with Gasteiger partial charge in [0, 0.05) is 21.8 Å². The summed E-state index contributed by atoms with van der Waals surface area (Å²) < 4.78 is 0. The third-order valence-corrected chi connectivity index (χ3v) is 4.39. The molecule has 0 saturated heterocycles. The Balaban J connectivity index is 2.41. The van der Waals surface area contributed by atoms with Crippen LogP contribution in [0.3, 0.4) is 0 Å². The molecule has 0 aliphatic heterocycles. The number of anilines is 1. The van der Waals surface area contributed by atoms with E-state index < -0.39 is 0 Å². The first-order chi connectivity index (χ1) is 11.8. The highest BCUT2D eigenvalue weighted by Crippen LogP contribution is 2.25. The Morgan fingerprint density at radius 2 is 1.84 bits per heavy atom. The molecule has 6 N–H and O–H groups in total. The molecule has 132 valence electrons. The standard InChI is InChI=1S/C16H17Cl3N6/c1-9(17)14(19)8-25(22)16(24-21)13-6-11(7-23-15(13)20)10-2-4-12(18)5-3-10/h2-7H,8,21-22H2,1H3,(H2,20,23)/b14-9-,24-16-. The predicted molar refractivity (Wildman–Crippen MR) is 105 cm³/mol. The molecule has 25 heavy (non-hydrogen) atoms. The van der Waals surface area contributed by atoms with Gasteiger partial charge in [0.05, 0.1) is 17.1 Å². The molecule has 9 heteroatoms. The van der Waals surface area contributed by atoms with Gasteiger partial charge < -0.3 is 11.6 Å². The van der Waals surface area contributed by atoms with E-state index in [1.54, 1.807) is 31.3 Å². The highest BCUT2D eigenvalue weighted by molar-refractivity contribution is 6.39. The van der Waals surface area contributed by atoms with E-state index in [4.69, 9.17) is 52.2 Å². The van der Waals surface area contributed by atoms with Crippen molar-refractivity contribution in [2.24, 2.45) is 16.8 Å². The van der Waals surface area contributed by atoms with E-state index in [1.807, 2.05) is 12.1 Å². The average Bonchev–Trinajstić information content (AvgIpc) is 2.57. The van der Waals surface area contributed by atoms with Crippen LogP contribution in [0.5, 0.6) is 0 Å². The lowest BCUT2D eigenvalue weighted by molar-refractivity contribution is 0.483. The van der Waals surface area contributed by atoms with Gasteiger partial charge in [0.2, 0.25) is 0 Å².